The maximum absolute atomic E-state index is 12.1. The Kier molecular flexibility index (Phi) is 4.17. The van der Waals surface area contributed by atoms with Crippen LogP contribution in [0.5, 0.6) is 0 Å². The molecule has 8 nitrogen and oxygen atoms in total. The molecule has 0 unspecified atom stereocenters. The highest BCUT2D eigenvalue weighted by Crippen LogP contribution is 2.10. The van der Waals surface area contributed by atoms with Gasteiger partial charge in [0.25, 0.3) is 5.91 Å². The maximum Gasteiger partial charge on any atom is 0.326 e. The molecule has 8 heteroatoms. The normalized spacial score (nSPS) is 12.0. The molecule has 0 aliphatic heterocycles. The number of pyridine rings is 1. The Bertz CT molecular complexity index is 694. The van der Waals surface area contributed by atoms with Crippen molar-refractivity contribution in [2.75, 3.05) is 0 Å². The smallest absolute Gasteiger partial charge is 0.326 e. The van der Waals surface area contributed by atoms with Crippen molar-refractivity contribution >= 4 is 23.3 Å². The van der Waals surface area contributed by atoms with Crippen LogP contribution in [0.15, 0.2) is 30.6 Å². The topological polar surface area (TPSA) is 127 Å². The van der Waals surface area contributed by atoms with Gasteiger partial charge in [-0.05, 0) is 18.6 Å². The average molecular weight is 290 g/mol. The van der Waals surface area contributed by atoms with Crippen LogP contribution in [0.1, 0.15) is 23.2 Å². The van der Waals surface area contributed by atoms with E-state index < -0.39 is 23.8 Å². The third-order valence-electron chi connectivity index (χ3n) is 2.95. The summed E-state index contributed by atoms with van der Waals surface area (Å²) in [6.45, 7) is 0. The van der Waals surface area contributed by atoms with Gasteiger partial charge in [0, 0.05) is 12.6 Å². The number of carboxylic acid groups (broad SMARTS) is 1. The van der Waals surface area contributed by atoms with Gasteiger partial charge in [-0.3, -0.25) is 9.59 Å². The van der Waals surface area contributed by atoms with Gasteiger partial charge in [0.15, 0.2) is 0 Å². The molecule has 0 radical (unpaired) electrons. The summed E-state index contributed by atoms with van der Waals surface area (Å²) < 4.78 is 1.51. The van der Waals surface area contributed by atoms with Crippen molar-refractivity contribution in [3.8, 4) is 0 Å². The minimum absolute atomic E-state index is 0.0599. The maximum atomic E-state index is 12.1. The fraction of sp³-hybridized carbons (Fsp3) is 0.231. The Morgan fingerprint density at radius 1 is 1.38 bits per heavy atom. The van der Waals surface area contributed by atoms with E-state index in [-0.39, 0.29) is 18.4 Å². The van der Waals surface area contributed by atoms with Crippen LogP contribution < -0.4 is 11.1 Å². The molecular weight excluding hydrogens is 276 g/mol. The summed E-state index contributed by atoms with van der Waals surface area (Å²) in [5, 5.41) is 15.4. The van der Waals surface area contributed by atoms with Crippen molar-refractivity contribution in [3.05, 3.63) is 36.2 Å². The van der Waals surface area contributed by atoms with Crippen LogP contribution in [0.4, 0.5) is 0 Å². The van der Waals surface area contributed by atoms with Crippen molar-refractivity contribution in [2.45, 2.75) is 18.9 Å². The van der Waals surface area contributed by atoms with E-state index >= 15 is 0 Å². The lowest BCUT2D eigenvalue weighted by Crippen LogP contribution is -2.41. The van der Waals surface area contributed by atoms with Gasteiger partial charge in [0.05, 0.1) is 17.3 Å². The number of nitrogens with zero attached hydrogens (tertiary/aromatic N) is 2. The molecule has 0 saturated carbocycles. The quantitative estimate of drug-likeness (QED) is 0.678. The molecule has 0 aromatic carbocycles. The number of carboxylic acids is 1. The van der Waals surface area contributed by atoms with E-state index in [9.17, 15) is 14.4 Å². The zero-order valence-corrected chi connectivity index (χ0v) is 11.0. The molecule has 1 atom stereocenters. The Labute approximate surface area is 119 Å². The van der Waals surface area contributed by atoms with Crippen molar-refractivity contribution in [1.82, 2.24) is 14.9 Å². The number of hydrogen-bond donors (Lipinski definition) is 3. The SMILES string of the molecule is NC(=O)CC[C@@H](NC(=O)c1cnn2ccccc12)C(=O)O. The molecule has 0 saturated heterocycles. The summed E-state index contributed by atoms with van der Waals surface area (Å²) in [6, 6.07) is 4.02. The lowest BCUT2D eigenvalue weighted by Gasteiger charge is -2.13. The molecule has 0 spiro atoms. The molecule has 2 heterocycles. The first-order valence-electron chi connectivity index (χ1n) is 6.23. The van der Waals surface area contributed by atoms with Gasteiger partial charge in [-0.25, -0.2) is 9.31 Å². The largest absolute Gasteiger partial charge is 0.480 e. The van der Waals surface area contributed by atoms with E-state index in [0.717, 1.165) is 0 Å². The van der Waals surface area contributed by atoms with Crippen LogP contribution in [-0.4, -0.2) is 38.5 Å². The molecule has 0 aliphatic carbocycles. The van der Waals surface area contributed by atoms with Crippen molar-refractivity contribution in [3.63, 3.8) is 0 Å². The third kappa shape index (κ3) is 3.35. The average Bonchev–Trinajstić information content (AvgIpc) is 2.86. The summed E-state index contributed by atoms with van der Waals surface area (Å²) in [5.41, 5.74) is 5.81. The van der Waals surface area contributed by atoms with Crippen LogP contribution in [0, 0.1) is 0 Å². The summed E-state index contributed by atoms with van der Waals surface area (Å²) in [6.07, 6.45) is 2.85. The molecule has 0 aliphatic rings. The van der Waals surface area contributed by atoms with Crippen LogP contribution in [-0.2, 0) is 9.59 Å². The van der Waals surface area contributed by atoms with Crippen molar-refractivity contribution < 1.29 is 19.5 Å². The minimum Gasteiger partial charge on any atom is -0.480 e. The van der Waals surface area contributed by atoms with Gasteiger partial charge < -0.3 is 16.2 Å². The van der Waals surface area contributed by atoms with Gasteiger partial charge in [-0.2, -0.15) is 5.10 Å². The third-order valence-corrected chi connectivity index (χ3v) is 2.95. The Hall–Kier alpha value is -2.90. The van der Waals surface area contributed by atoms with E-state index in [1.165, 1.54) is 10.7 Å². The van der Waals surface area contributed by atoms with Gasteiger partial charge in [0.2, 0.25) is 5.91 Å². The number of fused-ring (bicyclic) bond motifs is 1. The standard InChI is InChI=1S/C13H14N4O4/c14-11(18)5-4-9(13(20)21)16-12(19)8-7-15-17-6-2-1-3-10(8)17/h1-3,6-7,9H,4-5H2,(H2,14,18)(H,16,19)(H,20,21)/t9-/m1/s1. The number of nitrogens with two attached hydrogens (primary N) is 1. The lowest BCUT2D eigenvalue weighted by molar-refractivity contribution is -0.139. The monoisotopic (exact) mass is 290 g/mol. The first kappa shape index (κ1) is 14.5. The highest BCUT2D eigenvalue weighted by atomic mass is 16.4. The second-order valence-corrected chi connectivity index (χ2v) is 4.46. The zero-order chi connectivity index (χ0) is 15.4. The molecule has 2 rings (SSSR count). The van der Waals surface area contributed by atoms with Gasteiger partial charge in [-0.15, -0.1) is 0 Å². The molecule has 2 aromatic heterocycles. The Morgan fingerprint density at radius 2 is 2.14 bits per heavy atom. The van der Waals surface area contributed by atoms with E-state index in [1.54, 1.807) is 24.4 Å². The summed E-state index contributed by atoms with van der Waals surface area (Å²) in [4.78, 5) is 33.9. The van der Waals surface area contributed by atoms with Crippen LogP contribution in [0.2, 0.25) is 0 Å². The predicted octanol–water partition coefficient (Wildman–Crippen LogP) is -0.217. The van der Waals surface area contributed by atoms with Gasteiger partial charge >= 0.3 is 5.97 Å². The van der Waals surface area contributed by atoms with Crippen LogP contribution in [0.25, 0.3) is 5.52 Å². The number of aromatic nitrogens is 2. The second kappa shape index (κ2) is 6.04. The molecule has 0 fully saturated rings. The molecule has 4 N–H and O–H groups in total. The van der Waals surface area contributed by atoms with Gasteiger partial charge in [0.1, 0.15) is 6.04 Å². The molecule has 110 valence electrons. The number of nitrogens with one attached hydrogen (secondary N) is 1. The number of rotatable bonds is 6. The zero-order valence-electron chi connectivity index (χ0n) is 11.0. The van der Waals surface area contributed by atoms with Crippen molar-refractivity contribution in [2.24, 2.45) is 5.73 Å². The van der Waals surface area contributed by atoms with E-state index in [4.69, 9.17) is 10.8 Å². The number of carbonyl (C=O) groups is 3. The Morgan fingerprint density at radius 3 is 2.81 bits per heavy atom. The summed E-state index contributed by atoms with van der Waals surface area (Å²) in [5.74, 6) is -2.40. The van der Waals surface area contributed by atoms with Crippen LogP contribution >= 0.6 is 0 Å². The molecule has 0 bridgehead atoms. The van der Waals surface area contributed by atoms with E-state index in [0.29, 0.717) is 5.52 Å². The van der Waals surface area contributed by atoms with E-state index in [1.807, 2.05) is 0 Å². The number of carbonyl (C=O) groups excluding carboxylic acids is 2. The number of aliphatic carboxylic acids is 1. The van der Waals surface area contributed by atoms with Crippen LogP contribution in [0.3, 0.4) is 0 Å². The molecule has 21 heavy (non-hydrogen) atoms. The Balaban J connectivity index is 2.15. The highest BCUT2D eigenvalue weighted by Gasteiger charge is 2.22. The first-order chi connectivity index (χ1) is 9.99. The fourth-order valence-electron chi connectivity index (χ4n) is 1.89. The minimum atomic E-state index is -1.22. The van der Waals surface area contributed by atoms with E-state index in [2.05, 4.69) is 10.4 Å². The van der Waals surface area contributed by atoms with Gasteiger partial charge in [-0.1, -0.05) is 6.07 Å². The lowest BCUT2D eigenvalue weighted by atomic mass is 10.1. The summed E-state index contributed by atoms with van der Waals surface area (Å²) in [7, 11) is 0. The number of amides is 2. The number of hydrogen-bond acceptors (Lipinski definition) is 4. The van der Waals surface area contributed by atoms with Crippen molar-refractivity contribution in [1.29, 1.82) is 0 Å². The highest BCUT2D eigenvalue weighted by molar-refractivity contribution is 6.02. The predicted molar refractivity (Wildman–Crippen MR) is 72.5 cm³/mol. The molecule has 2 aromatic rings. The first-order valence-corrected chi connectivity index (χ1v) is 6.23. The molecular formula is C13H14N4O4. The number of primary amides is 1. The second-order valence-electron chi connectivity index (χ2n) is 4.46. The summed E-state index contributed by atoms with van der Waals surface area (Å²) >= 11 is 0. The fourth-order valence-corrected chi connectivity index (χ4v) is 1.89. The molecule has 2 amide bonds.